The number of aromatic amines is 1. The molecule has 2 amide bonds. The quantitative estimate of drug-likeness (QED) is 0.603. The Bertz CT molecular complexity index is 1020. The van der Waals surface area contributed by atoms with Gasteiger partial charge in [-0.3, -0.25) is 14.6 Å². The molecule has 2 aromatic heterocycles. The zero-order valence-electron chi connectivity index (χ0n) is 15.7. The van der Waals surface area contributed by atoms with Gasteiger partial charge in [0, 0.05) is 42.3 Å². The highest BCUT2D eigenvalue weighted by atomic mass is 19.1. The number of nitrogens with one attached hydrogen (secondary N) is 3. The minimum absolute atomic E-state index is 0.133. The minimum atomic E-state index is -0.448. The number of hydrogen-bond acceptors (Lipinski definition) is 3. The lowest BCUT2D eigenvalue weighted by Gasteiger charge is -2.10. The van der Waals surface area contributed by atoms with Crippen molar-refractivity contribution in [2.75, 3.05) is 6.54 Å². The third-order valence-corrected chi connectivity index (χ3v) is 5.01. The predicted molar refractivity (Wildman–Crippen MR) is 107 cm³/mol. The van der Waals surface area contributed by atoms with Crippen LogP contribution < -0.4 is 10.6 Å². The molecule has 0 radical (unpaired) electrons. The van der Waals surface area contributed by atoms with Crippen LogP contribution >= 0.6 is 0 Å². The standard InChI is InChI=1S/C22H21FN4O2/c23-17-6-3-14(4-7-17)21-15(12-19(27-21)16-2-1-10-24-13-16)5-8-20(28)26-18-9-11-25-22(18)29/h1-4,6-7,10,12-13,18,27H,5,8-9,11H2,(H,25,29)(H,26,28). The van der Waals surface area contributed by atoms with E-state index in [0.717, 1.165) is 28.1 Å². The van der Waals surface area contributed by atoms with Crippen molar-refractivity contribution in [1.29, 1.82) is 0 Å². The Kier molecular flexibility index (Phi) is 5.37. The predicted octanol–water partition coefficient (Wildman–Crippen LogP) is 2.82. The molecule has 29 heavy (non-hydrogen) atoms. The van der Waals surface area contributed by atoms with Crippen molar-refractivity contribution in [3.05, 3.63) is 66.2 Å². The highest BCUT2D eigenvalue weighted by Crippen LogP contribution is 2.29. The van der Waals surface area contributed by atoms with Gasteiger partial charge in [0.05, 0.1) is 0 Å². The van der Waals surface area contributed by atoms with Crippen LogP contribution in [0, 0.1) is 5.82 Å². The fourth-order valence-electron chi connectivity index (χ4n) is 3.49. The number of hydrogen-bond donors (Lipinski definition) is 3. The van der Waals surface area contributed by atoms with E-state index < -0.39 is 6.04 Å². The lowest BCUT2D eigenvalue weighted by Crippen LogP contribution is -2.40. The second-order valence-electron chi connectivity index (χ2n) is 7.03. The van der Waals surface area contributed by atoms with Crippen LogP contribution in [-0.2, 0) is 16.0 Å². The van der Waals surface area contributed by atoms with E-state index >= 15 is 0 Å². The second-order valence-corrected chi connectivity index (χ2v) is 7.03. The molecule has 1 unspecified atom stereocenters. The number of amides is 2. The van der Waals surface area contributed by atoms with Crippen LogP contribution in [0.15, 0.2) is 54.9 Å². The summed E-state index contributed by atoms with van der Waals surface area (Å²) in [5.74, 6) is -0.601. The minimum Gasteiger partial charge on any atom is -0.354 e. The summed E-state index contributed by atoms with van der Waals surface area (Å²) in [6.07, 6.45) is 4.82. The molecule has 7 heteroatoms. The fraction of sp³-hybridized carbons (Fsp3) is 0.227. The Balaban J connectivity index is 1.55. The van der Waals surface area contributed by atoms with E-state index in [0.29, 0.717) is 19.4 Å². The van der Waals surface area contributed by atoms with Gasteiger partial charge in [-0.05, 0) is 66.4 Å². The van der Waals surface area contributed by atoms with Crippen molar-refractivity contribution in [3.8, 4) is 22.5 Å². The molecule has 1 aliphatic rings. The van der Waals surface area contributed by atoms with Gasteiger partial charge in [-0.2, -0.15) is 0 Å². The number of halogens is 1. The molecule has 1 fully saturated rings. The van der Waals surface area contributed by atoms with Gasteiger partial charge >= 0.3 is 0 Å². The summed E-state index contributed by atoms with van der Waals surface area (Å²) in [5, 5.41) is 5.49. The molecule has 0 spiro atoms. The van der Waals surface area contributed by atoms with Gasteiger partial charge in [0.1, 0.15) is 11.9 Å². The van der Waals surface area contributed by atoms with Gasteiger partial charge in [0.2, 0.25) is 11.8 Å². The molecule has 1 atom stereocenters. The number of nitrogens with zero attached hydrogens (tertiary/aromatic N) is 1. The normalized spacial score (nSPS) is 15.9. The Morgan fingerprint density at radius 2 is 2.03 bits per heavy atom. The third-order valence-electron chi connectivity index (χ3n) is 5.01. The highest BCUT2D eigenvalue weighted by Gasteiger charge is 2.25. The zero-order chi connectivity index (χ0) is 20.2. The Morgan fingerprint density at radius 3 is 2.72 bits per heavy atom. The smallest absolute Gasteiger partial charge is 0.242 e. The maximum Gasteiger partial charge on any atom is 0.242 e. The molecule has 3 aromatic rings. The lowest BCUT2D eigenvalue weighted by molar-refractivity contribution is -0.127. The molecular formula is C22H21FN4O2. The molecule has 0 aliphatic carbocycles. The summed E-state index contributed by atoms with van der Waals surface area (Å²) in [5.41, 5.74) is 4.43. The fourth-order valence-corrected chi connectivity index (χ4v) is 3.49. The first kappa shape index (κ1) is 18.9. The summed E-state index contributed by atoms with van der Waals surface area (Å²) in [6, 6.07) is 11.6. The first-order chi connectivity index (χ1) is 14.1. The molecule has 1 aromatic carbocycles. The number of pyridine rings is 1. The van der Waals surface area contributed by atoms with E-state index in [1.54, 1.807) is 24.5 Å². The van der Waals surface area contributed by atoms with Crippen LogP contribution in [0.5, 0.6) is 0 Å². The molecule has 1 aliphatic heterocycles. The second kappa shape index (κ2) is 8.26. The summed E-state index contributed by atoms with van der Waals surface area (Å²) in [6.45, 7) is 0.588. The summed E-state index contributed by atoms with van der Waals surface area (Å²) < 4.78 is 13.3. The number of benzene rings is 1. The van der Waals surface area contributed by atoms with Crippen molar-refractivity contribution >= 4 is 11.8 Å². The molecule has 0 bridgehead atoms. The van der Waals surface area contributed by atoms with Crippen molar-refractivity contribution in [3.63, 3.8) is 0 Å². The first-order valence-electron chi connectivity index (χ1n) is 9.55. The van der Waals surface area contributed by atoms with E-state index in [1.807, 2.05) is 18.2 Å². The Hall–Kier alpha value is -3.48. The summed E-state index contributed by atoms with van der Waals surface area (Å²) in [7, 11) is 0. The van der Waals surface area contributed by atoms with Crippen LogP contribution in [0.3, 0.4) is 0 Å². The molecular weight excluding hydrogens is 371 g/mol. The molecule has 3 heterocycles. The van der Waals surface area contributed by atoms with Gasteiger partial charge in [0.25, 0.3) is 0 Å². The van der Waals surface area contributed by atoms with Gasteiger partial charge in [-0.15, -0.1) is 0 Å². The largest absolute Gasteiger partial charge is 0.354 e. The number of aryl methyl sites for hydroxylation is 1. The van der Waals surface area contributed by atoms with Crippen LogP contribution in [0.4, 0.5) is 4.39 Å². The van der Waals surface area contributed by atoms with Gasteiger partial charge in [-0.25, -0.2) is 4.39 Å². The topological polar surface area (TPSA) is 86.9 Å². The van der Waals surface area contributed by atoms with E-state index in [1.165, 1.54) is 12.1 Å². The summed E-state index contributed by atoms with van der Waals surface area (Å²) in [4.78, 5) is 31.5. The van der Waals surface area contributed by atoms with E-state index in [2.05, 4.69) is 20.6 Å². The number of H-pyrrole nitrogens is 1. The maximum atomic E-state index is 13.3. The molecule has 148 valence electrons. The van der Waals surface area contributed by atoms with Gasteiger partial charge < -0.3 is 15.6 Å². The lowest BCUT2D eigenvalue weighted by atomic mass is 10.0. The molecule has 4 rings (SSSR count). The number of carbonyl (C=O) groups is 2. The van der Waals surface area contributed by atoms with Crippen molar-refractivity contribution in [1.82, 2.24) is 20.6 Å². The number of aromatic nitrogens is 2. The van der Waals surface area contributed by atoms with E-state index in [9.17, 15) is 14.0 Å². The van der Waals surface area contributed by atoms with Crippen molar-refractivity contribution in [2.45, 2.75) is 25.3 Å². The monoisotopic (exact) mass is 392 g/mol. The van der Waals surface area contributed by atoms with Crippen LogP contribution in [0.2, 0.25) is 0 Å². The van der Waals surface area contributed by atoms with Crippen molar-refractivity contribution < 1.29 is 14.0 Å². The highest BCUT2D eigenvalue weighted by molar-refractivity contribution is 5.89. The first-order valence-corrected chi connectivity index (χ1v) is 9.55. The average molecular weight is 392 g/mol. The van der Waals surface area contributed by atoms with Crippen molar-refractivity contribution in [2.24, 2.45) is 0 Å². The maximum absolute atomic E-state index is 13.3. The van der Waals surface area contributed by atoms with Gasteiger partial charge in [-0.1, -0.05) is 0 Å². The van der Waals surface area contributed by atoms with E-state index in [4.69, 9.17) is 0 Å². The zero-order valence-corrected chi connectivity index (χ0v) is 15.7. The average Bonchev–Trinajstić information content (AvgIpc) is 3.34. The van der Waals surface area contributed by atoms with Crippen LogP contribution in [-0.4, -0.2) is 34.4 Å². The van der Waals surface area contributed by atoms with Gasteiger partial charge in [0.15, 0.2) is 0 Å². The Morgan fingerprint density at radius 1 is 1.21 bits per heavy atom. The molecule has 1 saturated heterocycles. The summed E-state index contributed by atoms with van der Waals surface area (Å²) >= 11 is 0. The molecule has 3 N–H and O–H groups in total. The SMILES string of the molecule is O=C(CCc1cc(-c2cccnc2)[nH]c1-c1ccc(F)cc1)NC1CCNC1=O. The number of rotatable bonds is 6. The van der Waals surface area contributed by atoms with Crippen LogP contribution in [0.25, 0.3) is 22.5 Å². The molecule has 6 nitrogen and oxygen atoms in total. The third kappa shape index (κ3) is 4.34. The number of carbonyl (C=O) groups excluding carboxylic acids is 2. The van der Waals surface area contributed by atoms with Crippen LogP contribution in [0.1, 0.15) is 18.4 Å². The van der Waals surface area contributed by atoms with E-state index in [-0.39, 0.29) is 24.1 Å². The molecule has 0 saturated carbocycles. The Labute approximate surface area is 167 Å².